The molecule has 0 radical (unpaired) electrons. The maximum atomic E-state index is 12.8. The number of nitrogens with zero attached hydrogens (tertiary/aromatic N) is 3. The third-order valence-electron chi connectivity index (χ3n) is 4.24. The molecule has 1 fully saturated rings. The highest BCUT2D eigenvalue weighted by Crippen LogP contribution is 2.20. The van der Waals surface area contributed by atoms with Crippen molar-refractivity contribution in [1.29, 1.82) is 0 Å². The van der Waals surface area contributed by atoms with Gasteiger partial charge in [0.25, 0.3) is 5.56 Å². The van der Waals surface area contributed by atoms with Crippen LogP contribution >= 0.6 is 0 Å². The Labute approximate surface area is 139 Å². The molecule has 0 spiro atoms. The monoisotopic (exact) mass is 329 g/mol. The standard InChI is InChI=1S/C17H19N3O4/c1-24-14-6-4-13(5-7-14)20-10-8-18-15(16(20)21)19-9-2-3-12(11-19)17(22)23/h4-8,10,12H,2-3,9,11H2,1H3,(H,22,23)/t12-/m1/s1. The summed E-state index contributed by atoms with van der Waals surface area (Å²) < 4.78 is 6.63. The molecular weight excluding hydrogens is 310 g/mol. The minimum absolute atomic E-state index is 0.256. The van der Waals surface area contributed by atoms with Crippen LogP contribution in [0.3, 0.4) is 0 Å². The lowest BCUT2D eigenvalue weighted by atomic mass is 9.98. The normalized spacial score (nSPS) is 17.5. The van der Waals surface area contributed by atoms with Crippen molar-refractivity contribution in [2.75, 3.05) is 25.1 Å². The fourth-order valence-corrected chi connectivity index (χ4v) is 2.94. The number of ether oxygens (including phenoxy) is 1. The maximum Gasteiger partial charge on any atom is 0.308 e. The van der Waals surface area contributed by atoms with Crippen molar-refractivity contribution in [3.8, 4) is 11.4 Å². The minimum atomic E-state index is -0.828. The molecule has 7 nitrogen and oxygen atoms in total. The second-order valence-electron chi connectivity index (χ2n) is 5.75. The third kappa shape index (κ3) is 3.10. The molecule has 1 N–H and O–H groups in total. The predicted octanol–water partition coefficient (Wildman–Crippen LogP) is 1.54. The Morgan fingerprint density at radius 3 is 2.75 bits per heavy atom. The average Bonchev–Trinajstić information content (AvgIpc) is 2.62. The molecule has 0 bridgehead atoms. The van der Waals surface area contributed by atoms with Gasteiger partial charge in [0.2, 0.25) is 0 Å². The molecule has 7 heteroatoms. The molecule has 0 saturated carbocycles. The summed E-state index contributed by atoms with van der Waals surface area (Å²) in [4.78, 5) is 30.0. The van der Waals surface area contributed by atoms with E-state index in [1.807, 2.05) is 0 Å². The number of aromatic nitrogens is 2. The Kier molecular flexibility index (Phi) is 4.50. The first kappa shape index (κ1) is 16.0. The van der Waals surface area contributed by atoms with Gasteiger partial charge in [-0.2, -0.15) is 0 Å². The SMILES string of the molecule is COc1ccc(-n2ccnc(N3CCC[C@@H](C(=O)O)C3)c2=O)cc1. The van der Waals surface area contributed by atoms with E-state index in [4.69, 9.17) is 4.74 Å². The summed E-state index contributed by atoms with van der Waals surface area (Å²) in [6.45, 7) is 0.947. The third-order valence-corrected chi connectivity index (χ3v) is 4.24. The number of piperidine rings is 1. The van der Waals surface area contributed by atoms with Crippen molar-refractivity contribution in [2.24, 2.45) is 5.92 Å². The summed E-state index contributed by atoms with van der Waals surface area (Å²) >= 11 is 0. The average molecular weight is 329 g/mol. The van der Waals surface area contributed by atoms with Gasteiger partial charge in [0.1, 0.15) is 5.75 Å². The Hall–Kier alpha value is -2.83. The van der Waals surface area contributed by atoms with Crippen LogP contribution in [-0.2, 0) is 4.79 Å². The molecule has 1 saturated heterocycles. The maximum absolute atomic E-state index is 12.8. The number of rotatable bonds is 4. The first-order valence-corrected chi connectivity index (χ1v) is 7.80. The van der Waals surface area contributed by atoms with E-state index in [0.29, 0.717) is 36.8 Å². The lowest BCUT2D eigenvalue weighted by Crippen LogP contribution is -2.42. The highest BCUT2D eigenvalue weighted by atomic mass is 16.5. The molecule has 126 valence electrons. The lowest BCUT2D eigenvalue weighted by Gasteiger charge is -2.31. The van der Waals surface area contributed by atoms with Crippen molar-refractivity contribution in [3.05, 3.63) is 47.0 Å². The zero-order valence-corrected chi connectivity index (χ0v) is 13.4. The zero-order valence-electron chi connectivity index (χ0n) is 13.4. The second kappa shape index (κ2) is 6.74. The van der Waals surface area contributed by atoms with Crippen molar-refractivity contribution in [3.63, 3.8) is 0 Å². The molecule has 1 aliphatic rings. The molecule has 1 atom stereocenters. The summed E-state index contributed by atoms with van der Waals surface area (Å²) in [5.41, 5.74) is 0.449. The molecule has 2 aromatic rings. The predicted molar refractivity (Wildman–Crippen MR) is 89.0 cm³/mol. The van der Waals surface area contributed by atoms with Crippen molar-refractivity contribution in [1.82, 2.24) is 9.55 Å². The zero-order chi connectivity index (χ0) is 17.1. The largest absolute Gasteiger partial charge is 0.497 e. The van der Waals surface area contributed by atoms with Gasteiger partial charge in [-0.3, -0.25) is 14.2 Å². The first-order chi connectivity index (χ1) is 11.6. The van der Waals surface area contributed by atoms with Gasteiger partial charge in [0, 0.05) is 31.2 Å². The van der Waals surface area contributed by atoms with Crippen LogP contribution in [0.5, 0.6) is 5.75 Å². The number of anilines is 1. The van der Waals surface area contributed by atoms with Gasteiger partial charge in [-0.25, -0.2) is 4.98 Å². The topological polar surface area (TPSA) is 84.7 Å². The molecule has 1 aliphatic heterocycles. The summed E-state index contributed by atoms with van der Waals surface area (Å²) in [6, 6.07) is 7.15. The Bertz CT molecular complexity index is 785. The molecule has 1 aromatic carbocycles. The highest BCUT2D eigenvalue weighted by molar-refractivity contribution is 5.71. The van der Waals surface area contributed by atoms with Crippen LogP contribution in [0.25, 0.3) is 5.69 Å². The van der Waals surface area contributed by atoms with Gasteiger partial charge in [0.05, 0.1) is 13.0 Å². The number of carbonyl (C=O) groups is 1. The van der Waals surface area contributed by atoms with Gasteiger partial charge in [-0.15, -0.1) is 0 Å². The molecule has 1 aromatic heterocycles. The van der Waals surface area contributed by atoms with Crippen LogP contribution in [0.2, 0.25) is 0 Å². The summed E-state index contributed by atoms with van der Waals surface area (Å²) in [5, 5.41) is 9.21. The van der Waals surface area contributed by atoms with Gasteiger partial charge in [0.15, 0.2) is 5.82 Å². The fourth-order valence-electron chi connectivity index (χ4n) is 2.94. The smallest absolute Gasteiger partial charge is 0.308 e. The van der Waals surface area contributed by atoms with E-state index in [1.165, 1.54) is 4.57 Å². The van der Waals surface area contributed by atoms with Crippen LogP contribution in [0.15, 0.2) is 41.5 Å². The van der Waals surface area contributed by atoms with Crippen LogP contribution < -0.4 is 15.2 Å². The molecule has 3 rings (SSSR count). The van der Waals surface area contributed by atoms with Gasteiger partial charge < -0.3 is 14.7 Å². The summed E-state index contributed by atoms with van der Waals surface area (Å²) in [7, 11) is 1.58. The Morgan fingerprint density at radius 1 is 1.33 bits per heavy atom. The van der Waals surface area contributed by atoms with E-state index in [0.717, 1.165) is 6.42 Å². The van der Waals surface area contributed by atoms with E-state index in [1.54, 1.807) is 48.7 Å². The summed E-state index contributed by atoms with van der Waals surface area (Å²) in [5.74, 6) is -0.290. The first-order valence-electron chi connectivity index (χ1n) is 7.80. The van der Waals surface area contributed by atoms with E-state index < -0.39 is 11.9 Å². The van der Waals surface area contributed by atoms with E-state index in [-0.39, 0.29) is 5.56 Å². The Balaban J connectivity index is 1.93. The lowest BCUT2D eigenvalue weighted by molar-refractivity contribution is -0.141. The number of benzene rings is 1. The number of hydrogen-bond donors (Lipinski definition) is 1. The van der Waals surface area contributed by atoms with Crippen LogP contribution in [-0.4, -0.2) is 40.8 Å². The van der Waals surface area contributed by atoms with Crippen LogP contribution in [0.4, 0.5) is 5.82 Å². The number of carboxylic acids is 1. The number of carboxylic acid groups (broad SMARTS) is 1. The van der Waals surface area contributed by atoms with Gasteiger partial charge in [-0.05, 0) is 37.1 Å². The summed E-state index contributed by atoms with van der Waals surface area (Å²) in [6.07, 6.45) is 4.53. The van der Waals surface area contributed by atoms with Crippen molar-refractivity contribution >= 4 is 11.8 Å². The molecule has 0 aliphatic carbocycles. The molecule has 2 heterocycles. The van der Waals surface area contributed by atoms with Crippen molar-refractivity contribution < 1.29 is 14.6 Å². The molecule has 24 heavy (non-hydrogen) atoms. The quantitative estimate of drug-likeness (QED) is 0.916. The fraction of sp³-hybridized carbons (Fsp3) is 0.353. The minimum Gasteiger partial charge on any atom is -0.497 e. The van der Waals surface area contributed by atoms with E-state index in [2.05, 4.69) is 4.98 Å². The van der Waals surface area contributed by atoms with Gasteiger partial charge in [-0.1, -0.05) is 0 Å². The van der Waals surface area contributed by atoms with E-state index in [9.17, 15) is 14.7 Å². The Morgan fingerprint density at radius 2 is 2.08 bits per heavy atom. The van der Waals surface area contributed by atoms with Crippen LogP contribution in [0.1, 0.15) is 12.8 Å². The van der Waals surface area contributed by atoms with Gasteiger partial charge >= 0.3 is 5.97 Å². The number of methoxy groups -OCH3 is 1. The molecule has 0 unspecified atom stereocenters. The number of aliphatic carboxylic acids is 1. The van der Waals surface area contributed by atoms with Crippen LogP contribution in [0, 0.1) is 5.92 Å². The second-order valence-corrected chi connectivity index (χ2v) is 5.75. The highest BCUT2D eigenvalue weighted by Gasteiger charge is 2.27. The molecule has 0 amide bonds. The van der Waals surface area contributed by atoms with E-state index >= 15 is 0 Å². The molecular formula is C17H19N3O4. The number of hydrogen-bond acceptors (Lipinski definition) is 5. The van der Waals surface area contributed by atoms with Crippen molar-refractivity contribution in [2.45, 2.75) is 12.8 Å².